The van der Waals surface area contributed by atoms with E-state index in [0.717, 1.165) is 41.7 Å². The van der Waals surface area contributed by atoms with E-state index in [-0.39, 0.29) is 17.8 Å². The Bertz CT molecular complexity index is 840. The van der Waals surface area contributed by atoms with Gasteiger partial charge in [-0.1, -0.05) is 0 Å². The lowest BCUT2D eigenvalue weighted by molar-refractivity contribution is -0.131. The van der Waals surface area contributed by atoms with Crippen LogP contribution < -0.4 is 0 Å². The van der Waals surface area contributed by atoms with Gasteiger partial charge in [0.15, 0.2) is 0 Å². The van der Waals surface area contributed by atoms with Crippen molar-refractivity contribution in [2.75, 3.05) is 6.54 Å². The molecule has 0 bridgehead atoms. The highest BCUT2D eigenvalue weighted by Crippen LogP contribution is 2.31. The maximum absolute atomic E-state index is 13.3. The monoisotopic (exact) mass is 312 g/mol. The topological polar surface area (TPSA) is 64.8 Å². The van der Waals surface area contributed by atoms with Crippen LogP contribution in [0.4, 0.5) is 4.39 Å². The highest BCUT2D eigenvalue weighted by Gasteiger charge is 2.31. The fraction of sp³-hybridized carbons (Fsp3) is 0.294. The predicted molar refractivity (Wildman–Crippen MR) is 84.2 cm³/mol. The number of carbonyl (C=O) groups is 1. The summed E-state index contributed by atoms with van der Waals surface area (Å²) in [5.41, 5.74) is 1.62. The molecule has 23 heavy (non-hydrogen) atoms. The van der Waals surface area contributed by atoms with Gasteiger partial charge in [0.2, 0.25) is 5.91 Å². The van der Waals surface area contributed by atoms with E-state index >= 15 is 0 Å². The van der Waals surface area contributed by atoms with Crippen LogP contribution >= 0.6 is 0 Å². The molecule has 1 aliphatic rings. The Hall–Kier alpha value is -2.63. The number of H-pyrrole nitrogens is 2. The minimum Gasteiger partial charge on any atom is -0.361 e. The molecule has 5 nitrogen and oxygen atoms in total. The highest BCUT2D eigenvalue weighted by molar-refractivity contribution is 5.89. The zero-order chi connectivity index (χ0) is 15.8. The number of fused-ring (bicyclic) bond motifs is 1. The van der Waals surface area contributed by atoms with E-state index in [1.54, 1.807) is 24.7 Å². The Morgan fingerprint density at radius 2 is 2.30 bits per heavy atom. The number of halogens is 1. The van der Waals surface area contributed by atoms with Crippen LogP contribution in [0.25, 0.3) is 10.9 Å². The van der Waals surface area contributed by atoms with Gasteiger partial charge in [0.25, 0.3) is 0 Å². The van der Waals surface area contributed by atoms with E-state index in [2.05, 4.69) is 15.0 Å². The number of hydrogen-bond acceptors (Lipinski definition) is 2. The molecule has 0 radical (unpaired) electrons. The fourth-order valence-electron chi connectivity index (χ4n) is 3.38. The lowest BCUT2D eigenvalue weighted by Crippen LogP contribution is -2.32. The van der Waals surface area contributed by atoms with E-state index in [9.17, 15) is 9.18 Å². The third-order valence-electron chi connectivity index (χ3n) is 4.48. The number of benzene rings is 1. The average Bonchev–Trinajstić information content (AvgIpc) is 3.27. The number of nitrogens with zero attached hydrogens (tertiary/aromatic N) is 2. The van der Waals surface area contributed by atoms with Crippen molar-refractivity contribution in [3.05, 3.63) is 54.0 Å². The van der Waals surface area contributed by atoms with E-state index in [1.807, 2.05) is 4.90 Å². The molecule has 3 heterocycles. The van der Waals surface area contributed by atoms with Gasteiger partial charge >= 0.3 is 0 Å². The van der Waals surface area contributed by atoms with Gasteiger partial charge in [0.1, 0.15) is 11.6 Å². The van der Waals surface area contributed by atoms with Gasteiger partial charge < -0.3 is 14.9 Å². The summed E-state index contributed by atoms with van der Waals surface area (Å²) >= 11 is 0. The summed E-state index contributed by atoms with van der Waals surface area (Å²) in [6, 6.07) is 4.62. The van der Waals surface area contributed by atoms with Crippen molar-refractivity contribution >= 4 is 16.8 Å². The molecule has 0 aliphatic carbocycles. The minimum atomic E-state index is -0.283. The Labute approximate surface area is 132 Å². The van der Waals surface area contributed by atoms with Crippen molar-refractivity contribution in [2.45, 2.75) is 25.3 Å². The standard InChI is InChI=1S/C17H17FN4O/c18-12-3-4-13-11(10-21-14(13)9-12)8-16(23)22-7-1-2-15(22)17-19-5-6-20-17/h3-6,9-10,15,21H,1-2,7-8H2,(H,19,20). The average molecular weight is 312 g/mol. The first kappa shape index (κ1) is 14.0. The molecule has 118 valence electrons. The normalized spacial score (nSPS) is 18.0. The molecule has 2 aromatic heterocycles. The van der Waals surface area contributed by atoms with Crippen molar-refractivity contribution in [3.63, 3.8) is 0 Å². The van der Waals surface area contributed by atoms with Crippen LogP contribution in [0.1, 0.15) is 30.3 Å². The van der Waals surface area contributed by atoms with Crippen LogP contribution in [-0.2, 0) is 11.2 Å². The first-order chi connectivity index (χ1) is 11.2. The molecule has 2 N–H and O–H groups in total. The number of amides is 1. The van der Waals surface area contributed by atoms with Gasteiger partial charge in [-0.15, -0.1) is 0 Å². The zero-order valence-electron chi connectivity index (χ0n) is 12.6. The Morgan fingerprint density at radius 1 is 1.39 bits per heavy atom. The molecule has 0 spiro atoms. The molecule has 1 amide bonds. The van der Waals surface area contributed by atoms with Crippen LogP contribution in [0.15, 0.2) is 36.8 Å². The van der Waals surface area contributed by atoms with Gasteiger partial charge in [0.05, 0.1) is 12.5 Å². The van der Waals surface area contributed by atoms with E-state index < -0.39 is 0 Å². The second-order valence-electron chi connectivity index (χ2n) is 5.90. The van der Waals surface area contributed by atoms with Gasteiger partial charge in [-0.25, -0.2) is 9.37 Å². The molecule has 1 saturated heterocycles. The van der Waals surface area contributed by atoms with E-state index in [1.165, 1.54) is 12.1 Å². The number of aromatic nitrogens is 3. The number of carbonyl (C=O) groups excluding carboxylic acids is 1. The Kier molecular flexibility index (Phi) is 3.37. The predicted octanol–water partition coefficient (Wildman–Crippen LogP) is 2.94. The van der Waals surface area contributed by atoms with Crippen LogP contribution in [0.2, 0.25) is 0 Å². The molecule has 0 saturated carbocycles. The number of likely N-dealkylation sites (tertiary alicyclic amines) is 1. The van der Waals surface area contributed by atoms with Gasteiger partial charge in [0, 0.05) is 36.0 Å². The molecule has 1 fully saturated rings. The van der Waals surface area contributed by atoms with Gasteiger partial charge in [-0.2, -0.15) is 0 Å². The van der Waals surface area contributed by atoms with E-state index in [0.29, 0.717) is 6.42 Å². The summed E-state index contributed by atoms with van der Waals surface area (Å²) in [5.74, 6) is 0.639. The zero-order valence-corrected chi connectivity index (χ0v) is 12.6. The summed E-state index contributed by atoms with van der Waals surface area (Å²) < 4.78 is 13.3. The lowest BCUT2D eigenvalue weighted by Gasteiger charge is -2.23. The molecular weight excluding hydrogens is 295 g/mol. The van der Waals surface area contributed by atoms with Crippen molar-refractivity contribution in [3.8, 4) is 0 Å². The first-order valence-corrected chi connectivity index (χ1v) is 7.76. The molecule has 1 aliphatic heterocycles. The maximum Gasteiger partial charge on any atom is 0.227 e. The quantitative estimate of drug-likeness (QED) is 0.781. The van der Waals surface area contributed by atoms with Crippen LogP contribution in [0.5, 0.6) is 0 Å². The molecule has 3 aromatic rings. The molecular formula is C17H17FN4O. The SMILES string of the molecule is O=C(Cc1c[nH]c2cc(F)ccc12)N1CCCC1c1ncc[nH]1. The molecule has 4 rings (SSSR count). The number of imidazole rings is 1. The van der Waals surface area contributed by atoms with Crippen molar-refractivity contribution < 1.29 is 9.18 Å². The molecule has 6 heteroatoms. The molecule has 1 atom stereocenters. The summed E-state index contributed by atoms with van der Waals surface area (Å²) in [5, 5.41) is 0.897. The smallest absolute Gasteiger partial charge is 0.227 e. The summed E-state index contributed by atoms with van der Waals surface area (Å²) in [4.78, 5) is 25.0. The molecule has 1 aromatic carbocycles. The molecule has 1 unspecified atom stereocenters. The lowest BCUT2D eigenvalue weighted by atomic mass is 10.1. The van der Waals surface area contributed by atoms with Crippen LogP contribution in [0, 0.1) is 5.82 Å². The fourth-order valence-corrected chi connectivity index (χ4v) is 3.38. The summed E-state index contributed by atoms with van der Waals surface area (Å²) in [6.45, 7) is 0.751. The number of hydrogen-bond donors (Lipinski definition) is 2. The van der Waals surface area contributed by atoms with Crippen molar-refractivity contribution in [2.24, 2.45) is 0 Å². The minimum absolute atomic E-state index is 0.0279. The number of aromatic amines is 2. The first-order valence-electron chi connectivity index (χ1n) is 7.76. The van der Waals surface area contributed by atoms with Gasteiger partial charge in [-0.05, 0) is 36.6 Å². The van der Waals surface area contributed by atoms with Crippen LogP contribution in [-0.4, -0.2) is 32.3 Å². The second kappa shape index (κ2) is 5.53. The van der Waals surface area contributed by atoms with Crippen LogP contribution in [0.3, 0.4) is 0 Å². The third kappa shape index (κ3) is 2.50. The van der Waals surface area contributed by atoms with Crippen molar-refractivity contribution in [1.29, 1.82) is 0 Å². The van der Waals surface area contributed by atoms with Gasteiger partial charge in [-0.3, -0.25) is 4.79 Å². The summed E-state index contributed by atoms with van der Waals surface area (Å²) in [7, 11) is 0. The highest BCUT2D eigenvalue weighted by atomic mass is 19.1. The second-order valence-corrected chi connectivity index (χ2v) is 5.90. The summed E-state index contributed by atoms with van der Waals surface area (Å²) in [6.07, 6.45) is 7.51. The van der Waals surface area contributed by atoms with E-state index in [4.69, 9.17) is 0 Å². The largest absolute Gasteiger partial charge is 0.361 e. The number of nitrogens with one attached hydrogen (secondary N) is 2. The Morgan fingerprint density at radius 3 is 3.13 bits per heavy atom. The maximum atomic E-state index is 13.3. The van der Waals surface area contributed by atoms with Crippen molar-refractivity contribution in [1.82, 2.24) is 19.9 Å². The number of rotatable bonds is 3. The third-order valence-corrected chi connectivity index (χ3v) is 4.48. The Balaban J connectivity index is 1.57.